The van der Waals surface area contributed by atoms with E-state index in [-0.39, 0.29) is 134 Å². The Morgan fingerprint density at radius 1 is 0.258 bits per heavy atom. The van der Waals surface area contributed by atoms with Gasteiger partial charge in [0.2, 0.25) is 23.6 Å². The van der Waals surface area contributed by atoms with Crippen molar-refractivity contribution in [3.05, 3.63) is 0 Å². The van der Waals surface area contributed by atoms with Crippen LogP contribution in [0.2, 0.25) is 0 Å². The van der Waals surface area contributed by atoms with Crippen LogP contribution < -0.4 is 27.8 Å². The summed E-state index contributed by atoms with van der Waals surface area (Å²) in [6, 6.07) is -1.67. The van der Waals surface area contributed by atoms with E-state index >= 15 is 0 Å². The Morgan fingerprint density at radius 2 is 0.458 bits per heavy atom. The summed E-state index contributed by atoms with van der Waals surface area (Å²) in [4.78, 5) is 187. The van der Waals surface area contributed by atoms with Gasteiger partial charge >= 0.3 is 18.1 Å². The number of urea groups is 3. The first-order valence-corrected chi connectivity index (χ1v) is 42.3. The van der Waals surface area contributed by atoms with Crippen LogP contribution in [0, 0.1) is 55.7 Å². The number of nitrogens with two attached hydrogens (primary N) is 3. The van der Waals surface area contributed by atoms with Crippen molar-refractivity contribution >= 4 is 82.2 Å². The number of carbonyl (C=O) groups is 14. The van der Waals surface area contributed by atoms with Crippen molar-refractivity contribution in [3.8, 4) is 0 Å². The Hall–Kier alpha value is -6.90. The number of rotatable bonds is 36. The van der Waals surface area contributed by atoms with Gasteiger partial charge in [0.15, 0.2) is 17.3 Å². The topological polar surface area (TPSA) is 380 Å². The summed E-state index contributed by atoms with van der Waals surface area (Å²) in [5, 5.41) is 5.98. The van der Waals surface area contributed by atoms with Crippen LogP contribution in [0.15, 0.2) is 0 Å². The summed E-state index contributed by atoms with van der Waals surface area (Å²) in [6.45, 7) is 58.8. The minimum Gasteiger partial charge on any atom is -0.344 e. The molecule has 120 heavy (non-hydrogen) atoms. The number of carbonyl (C=O) groups excluding carboxylic acids is 14. The van der Waals surface area contributed by atoms with Crippen LogP contribution in [0.3, 0.4) is 0 Å². The molecule has 0 rings (SSSR count). The Balaban J connectivity index is -0.000000249. The van der Waals surface area contributed by atoms with Crippen LogP contribution in [0.4, 0.5) is 14.4 Å². The molecule has 0 radical (unpaired) electrons. The normalized spacial score (nSPS) is 13.0. The quantitative estimate of drug-likeness (QED) is 0.0392. The third-order valence-corrected chi connectivity index (χ3v) is 19.6. The predicted molar refractivity (Wildman–Crippen MR) is 490 cm³/mol. The van der Waals surface area contributed by atoms with Gasteiger partial charge in [0, 0.05) is 250 Å². The molecule has 6 atom stereocenters. The number of amides is 10. The predicted octanol–water partition coefficient (Wildman–Crippen LogP) is 8.46. The molecule has 0 aromatic heterocycles. The third kappa shape index (κ3) is 56.0. The van der Waals surface area contributed by atoms with Crippen LogP contribution >= 0.6 is 0 Å². The van der Waals surface area contributed by atoms with Crippen molar-refractivity contribution in [2.45, 2.75) is 237 Å². The van der Waals surface area contributed by atoms with E-state index in [4.69, 9.17) is 17.2 Å². The molecule has 0 aromatic carbocycles. The van der Waals surface area contributed by atoms with Crippen molar-refractivity contribution in [1.82, 2.24) is 69.4 Å². The molecule has 31 nitrogen and oxygen atoms in total. The zero-order valence-electron chi connectivity index (χ0n) is 84.2. The zero-order chi connectivity index (χ0) is 96.8. The Bertz CT molecular complexity index is 3080. The molecule has 0 aromatic rings. The molecule has 0 bridgehead atoms. The highest BCUT2D eigenvalue weighted by Crippen LogP contribution is 2.27. The van der Waals surface area contributed by atoms with Crippen LogP contribution in [0.5, 0.6) is 0 Å². The van der Waals surface area contributed by atoms with E-state index in [1.807, 2.05) is 218 Å². The second-order valence-electron chi connectivity index (χ2n) is 39.6. The number of nitrogens with one attached hydrogen (secondary N) is 2. The highest BCUT2D eigenvalue weighted by atomic mass is 16.2. The van der Waals surface area contributed by atoms with Gasteiger partial charge < -0.3 is 86.6 Å². The molecule has 0 saturated heterocycles. The lowest BCUT2D eigenvalue weighted by molar-refractivity contribution is -0.137. The van der Waals surface area contributed by atoms with Gasteiger partial charge in [-0.25, -0.2) is 14.4 Å². The van der Waals surface area contributed by atoms with E-state index in [0.29, 0.717) is 84.7 Å². The first kappa shape index (κ1) is 126. The fraction of sp³-hybridized carbons (Fsp3) is 0.843. The average molecular weight is 1710 g/mol. The van der Waals surface area contributed by atoms with Crippen LogP contribution in [0.1, 0.15) is 219 Å². The summed E-state index contributed by atoms with van der Waals surface area (Å²) in [5.74, 6) is 0.135. The van der Waals surface area contributed by atoms with Gasteiger partial charge in [0.05, 0.1) is 18.1 Å². The molecule has 6 unspecified atom stereocenters. The lowest BCUT2D eigenvalue weighted by Gasteiger charge is -2.32. The minimum absolute atomic E-state index is 0.0157. The van der Waals surface area contributed by atoms with Crippen LogP contribution in [-0.2, 0) is 52.7 Å². The first-order valence-electron chi connectivity index (χ1n) is 42.3. The molecule has 0 aliphatic carbocycles. The van der Waals surface area contributed by atoms with Crippen LogP contribution in [0.25, 0.3) is 0 Å². The molecule has 0 spiro atoms. The molecular formula is C89H181N17O14. The van der Waals surface area contributed by atoms with Crippen molar-refractivity contribution in [1.29, 1.82) is 0 Å². The lowest BCUT2D eigenvalue weighted by Crippen LogP contribution is -2.50. The Labute approximate surface area is 729 Å². The smallest absolute Gasteiger partial charge is 0.320 e. The maximum absolute atomic E-state index is 12.2. The maximum atomic E-state index is 12.2. The molecule has 31 heteroatoms. The van der Waals surface area contributed by atoms with Gasteiger partial charge in [0.25, 0.3) is 0 Å². The maximum Gasteiger partial charge on any atom is 0.320 e. The first-order chi connectivity index (χ1) is 54.0. The number of ketones is 7. The second kappa shape index (κ2) is 59.8. The number of hydrogen-bond acceptors (Lipinski definition) is 21. The molecule has 8 N–H and O–H groups in total. The van der Waals surface area contributed by atoms with Gasteiger partial charge in [-0.3, -0.25) is 52.7 Å². The highest BCUT2D eigenvalue weighted by Gasteiger charge is 2.37. The van der Waals surface area contributed by atoms with E-state index in [1.54, 1.807) is 121 Å². The fourth-order valence-corrected chi connectivity index (χ4v) is 10.9. The second-order valence-corrected chi connectivity index (χ2v) is 39.6. The third-order valence-electron chi connectivity index (χ3n) is 19.6. The summed E-state index contributed by atoms with van der Waals surface area (Å²) in [7, 11) is 28.7. The lowest BCUT2D eigenvalue weighted by atomic mass is 9.82. The van der Waals surface area contributed by atoms with Crippen molar-refractivity contribution in [2.24, 2.45) is 72.9 Å². The molecule has 706 valence electrons. The number of hydrogen-bond donors (Lipinski definition) is 5. The van der Waals surface area contributed by atoms with Crippen LogP contribution in [-0.4, -0.2) is 364 Å². The monoisotopic (exact) mass is 1710 g/mol. The number of nitrogens with zero attached hydrogens (tertiary/aromatic N) is 12. The number of Topliss-reactive ketones (excluding diaryl/α,β-unsaturated/α-hetero) is 7. The summed E-state index contributed by atoms with van der Waals surface area (Å²) in [5.41, 5.74) is 13.3. The fourth-order valence-electron chi connectivity index (χ4n) is 10.9. The Morgan fingerprint density at radius 3 is 0.683 bits per heavy atom. The molecular weight excluding hydrogens is 1530 g/mol. The molecule has 0 fully saturated rings. The van der Waals surface area contributed by atoms with Gasteiger partial charge in [-0.15, -0.1) is 0 Å². The van der Waals surface area contributed by atoms with E-state index in [9.17, 15) is 67.1 Å². The van der Waals surface area contributed by atoms with Crippen molar-refractivity contribution < 1.29 is 67.1 Å². The van der Waals surface area contributed by atoms with Crippen molar-refractivity contribution in [2.75, 3.05) is 204 Å². The molecule has 10 amide bonds. The standard InChI is InChI=1S/C14H29N3O2.C14H28N2O2.C13H27N3O2.C13H26N2O2.C12H25N3O2.C12H24N2O2.C11H22N2O2/c1-11(12(18)14(2,3)4)17(8)13(19)16(7)10-9-15(5)6;1-11(13(18)14(2,3)4)10-12(17)16(7)9-8-15(5)6;1-10(11(17)13(2,3)4)16(7)12(18)15(6)9-8-14-5;1-10(12(17)13(2,3)4)9-11(16)15(6)8-7-14-5;1-9(10(16)12(2,3)4)15(6)11(17)14(5)8-7-13;1-9(11(16)12(2,3)4)8-10(15)14(5)7-6-13;1-11(2,3)9(14)5-6-10(15)13(4)8-7-12/h11H,9-10H2,1-8H3;11H,8-10H2,1-7H3;10,14H,8-9H2,1-7H3;10,14H,7-9H2,1-6H3;9H,7-8,13H2,1-6H3;9H,6-8,13H2,1-5H3;5-8,12H2,1-4H3. The molecule has 0 aliphatic rings. The minimum atomic E-state index is -0.444. The molecule has 0 saturated carbocycles. The SMILES string of the molecule is CC(C(=O)C(C)(C)C)N(C)C(=O)N(C)CCN.CC(C(=O)C(C)(C)C)N(C)C(=O)N(C)CCN(C)C.CC(CC(=O)N(C)CCN(C)C)C(=O)C(C)(C)C.CC(CC(=O)N(C)CCN)C(=O)C(C)(C)C.CN(CCN)C(=O)CCC(=O)C(C)(C)C.CNCCN(C)C(=O)CC(C)C(=O)C(C)(C)C.CNCCN(C)C(=O)N(C)C(C)C(=O)C(C)(C)C. The van der Waals surface area contributed by atoms with Crippen molar-refractivity contribution in [3.63, 3.8) is 0 Å². The summed E-state index contributed by atoms with van der Waals surface area (Å²) >= 11 is 0. The number of likely N-dealkylation sites (N-methyl/N-ethyl adjacent to an activating group) is 14. The van der Waals surface area contributed by atoms with Gasteiger partial charge in [-0.2, -0.15) is 0 Å². The van der Waals surface area contributed by atoms with E-state index in [1.165, 1.54) is 19.6 Å². The zero-order valence-corrected chi connectivity index (χ0v) is 84.2. The van der Waals surface area contributed by atoms with E-state index in [0.717, 1.165) is 26.2 Å². The average Bonchev–Trinajstić information content (AvgIpc) is 0.843. The van der Waals surface area contributed by atoms with Gasteiger partial charge in [-0.1, -0.05) is 166 Å². The molecule has 0 heterocycles. The van der Waals surface area contributed by atoms with Gasteiger partial charge in [-0.05, 0) is 63.1 Å². The summed E-state index contributed by atoms with van der Waals surface area (Å²) in [6.07, 6.45) is 1.48. The van der Waals surface area contributed by atoms with E-state index < -0.39 is 34.4 Å². The van der Waals surface area contributed by atoms with Gasteiger partial charge in [0.1, 0.15) is 23.1 Å². The Kier molecular flexibility index (Phi) is 62.9. The summed E-state index contributed by atoms with van der Waals surface area (Å²) < 4.78 is 0. The van der Waals surface area contributed by atoms with E-state index in [2.05, 4.69) is 10.6 Å². The highest BCUT2D eigenvalue weighted by molar-refractivity contribution is 5.95. The molecule has 0 aliphatic heterocycles. The largest absolute Gasteiger partial charge is 0.344 e.